The molecule has 0 unspecified atom stereocenters. The predicted molar refractivity (Wildman–Crippen MR) is 85.4 cm³/mol. The van der Waals surface area contributed by atoms with Crippen molar-refractivity contribution in [2.24, 2.45) is 5.41 Å². The van der Waals surface area contributed by atoms with Crippen LogP contribution in [-0.2, 0) is 16.1 Å². The number of amides is 2. The monoisotopic (exact) mass is 322 g/mol. The highest BCUT2D eigenvalue weighted by Crippen LogP contribution is 2.20. The highest BCUT2D eigenvalue weighted by atomic mass is 16.5. The fraction of sp³-hybridized carbons (Fsp3) is 0.688. The topological polar surface area (TPSA) is 78.7 Å². The number of piperazine rings is 1. The van der Waals surface area contributed by atoms with Crippen LogP contribution in [0.4, 0.5) is 0 Å². The maximum absolute atomic E-state index is 12.5. The van der Waals surface area contributed by atoms with Crippen molar-refractivity contribution in [3.8, 4) is 0 Å². The van der Waals surface area contributed by atoms with E-state index in [0.29, 0.717) is 18.8 Å². The Kier molecular flexibility index (Phi) is 5.41. The molecule has 7 nitrogen and oxygen atoms in total. The van der Waals surface area contributed by atoms with Gasteiger partial charge in [0.05, 0.1) is 19.0 Å². The SMILES string of the molecule is CN(Cc1ccon1)C(=O)C[C@H]1C(=O)NCCN1CC(C)(C)C. The highest BCUT2D eigenvalue weighted by molar-refractivity contribution is 5.88. The van der Waals surface area contributed by atoms with Crippen LogP contribution >= 0.6 is 0 Å². The number of nitrogens with one attached hydrogen (secondary N) is 1. The third kappa shape index (κ3) is 5.06. The minimum absolute atomic E-state index is 0.0660. The first kappa shape index (κ1) is 17.5. The molecule has 1 aliphatic heterocycles. The van der Waals surface area contributed by atoms with Crippen LogP contribution in [0.2, 0.25) is 0 Å². The smallest absolute Gasteiger partial charge is 0.237 e. The molecule has 128 valence electrons. The zero-order valence-corrected chi connectivity index (χ0v) is 14.3. The second-order valence-corrected chi connectivity index (χ2v) is 7.28. The van der Waals surface area contributed by atoms with E-state index in [-0.39, 0.29) is 23.7 Å². The van der Waals surface area contributed by atoms with Gasteiger partial charge in [0, 0.05) is 32.7 Å². The van der Waals surface area contributed by atoms with Gasteiger partial charge in [-0.25, -0.2) is 0 Å². The molecule has 0 bridgehead atoms. The summed E-state index contributed by atoms with van der Waals surface area (Å²) in [5, 5.41) is 6.66. The van der Waals surface area contributed by atoms with Gasteiger partial charge in [0.2, 0.25) is 11.8 Å². The molecule has 0 saturated carbocycles. The number of rotatable bonds is 5. The Morgan fingerprint density at radius 2 is 2.26 bits per heavy atom. The molecule has 1 saturated heterocycles. The minimum Gasteiger partial charge on any atom is -0.364 e. The average molecular weight is 322 g/mol. The van der Waals surface area contributed by atoms with E-state index in [1.807, 2.05) is 0 Å². The summed E-state index contributed by atoms with van der Waals surface area (Å²) in [4.78, 5) is 28.4. The summed E-state index contributed by atoms with van der Waals surface area (Å²) in [6.07, 6.45) is 1.66. The van der Waals surface area contributed by atoms with Crippen LogP contribution in [0.25, 0.3) is 0 Å². The van der Waals surface area contributed by atoms with E-state index >= 15 is 0 Å². The van der Waals surface area contributed by atoms with E-state index in [0.717, 1.165) is 13.1 Å². The number of hydrogen-bond acceptors (Lipinski definition) is 5. The number of aromatic nitrogens is 1. The van der Waals surface area contributed by atoms with E-state index in [9.17, 15) is 9.59 Å². The van der Waals surface area contributed by atoms with Gasteiger partial charge in [-0.15, -0.1) is 0 Å². The van der Waals surface area contributed by atoms with Gasteiger partial charge in [-0.05, 0) is 5.41 Å². The van der Waals surface area contributed by atoms with Gasteiger partial charge in [-0.3, -0.25) is 14.5 Å². The minimum atomic E-state index is -0.407. The molecule has 2 heterocycles. The second-order valence-electron chi connectivity index (χ2n) is 7.28. The van der Waals surface area contributed by atoms with Crippen molar-refractivity contribution >= 4 is 11.8 Å². The van der Waals surface area contributed by atoms with Crippen molar-refractivity contribution in [2.45, 2.75) is 39.8 Å². The lowest BCUT2D eigenvalue weighted by atomic mass is 9.94. The van der Waals surface area contributed by atoms with Crippen LogP contribution in [-0.4, -0.2) is 59.5 Å². The summed E-state index contributed by atoms with van der Waals surface area (Å²) in [6, 6.07) is 1.32. The molecule has 1 aliphatic rings. The first-order valence-corrected chi connectivity index (χ1v) is 7.91. The van der Waals surface area contributed by atoms with E-state index < -0.39 is 6.04 Å². The average Bonchev–Trinajstić information content (AvgIpc) is 2.93. The molecular weight excluding hydrogens is 296 g/mol. The Bertz CT molecular complexity index is 536. The molecule has 2 amide bonds. The molecule has 1 atom stereocenters. The lowest BCUT2D eigenvalue weighted by molar-refractivity contribution is -0.138. The van der Waals surface area contributed by atoms with Crippen molar-refractivity contribution in [1.29, 1.82) is 0 Å². The summed E-state index contributed by atoms with van der Waals surface area (Å²) in [5.74, 6) is -0.141. The Morgan fingerprint density at radius 3 is 2.87 bits per heavy atom. The number of nitrogens with zero attached hydrogens (tertiary/aromatic N) is 3. The molecule has 0 radical (unpaired) electrons. The molecule has 1 N–H and O–H groups in total. The largest absolute Gasteiger partial charge is 0.364 e. The molecule has 2 rings (SSSR count). The Hall–Kier alpha value is -1.89. The fourth-order valence-corrected chi connectivity index (χ4v) is 2.75. The van der Waals surface area contributed by atoms with Gasteiger partial charge in [0.1, 0.15) is 12.0 Å². The first-order valence-electron chi connectivity index (χ1n) is 7.91. The van der Waals surface area contributed by atoms with Gasteiger partial charge < -0.3 is 14.7 Å². The van der Waals surface area contributed by atoms with Crippen molar-refractivity contribution in [1.82, 2.24) is 20.3 Å². The summed E-state index contributed by atoms with van der Waals surface area (Å²) >= 11 is 0. The van der Waals surface area contributed by atoms with Gasteiger partial charge in [-0.2, -0.15) is 0 Å². The van der Waals surface area contributed by atoms with Crippen LogP contribution in [0.3, 0.4) is 0 Å². The number of hydrogen-bond donors (Lipinski definition) is 1. The molecule has 7 heteroatoms. The van der Waals surface area contributed by atoms with Gasteiger partial charge in [-0.1, -0.05) is 25.9 Å². The number of carbonyl (C=O) groups excluding carboxylic acids is 2. The van der Waals surface area contributed by atoms with Gasteiger partial charge >= 0.3 is 0 Å². The van der Waals surface area contributed by atoms with Crippen LogP contribution in [0.15, 0.2) is 16.9 Å². The molecule has 0 aromatic carbocycles. The van der Waals surface area contributed by atoms with E-state index in [1.165, 1.54) is 6.26 Å². The van der Waals surface area contributed by atoms with Crippen LogP contribution in [0, 0.1) is 5.41 Å². The van der Waals surface area contributed by atoms with Crippen molar-refractivity contribution < 1.29 is 14.1 Å². The summed E-state index contributed by atoms with van der Waals surface area (Å²) in [5.41, 5.74) is 0.770. The Labute approximate surface area is 137 Å². The lowest BCUT2D eigenvalue weighted by Gasteiger charge is -2.38. The Morgan fingerprint density at radius 1 is 1.52 bits per heavy atom. The quantitative estimate of drug-likeness (QED) is 0.870. The fourth-order valence-electron chi connectivity index (χ4n) is 2.75. The summed E-state index contributed by atoms with van der Waals surface area (Å²) in [6.45, 7) is 8.97. The maximum Gasteiger partial charge on any atom is 0.237 e. The van der Waals surface area contributed by atoms with Crippen molar-refractivity contribution in [2.75, 3.05) is 26.7 Å². The van der Waals surface area contributed by atoms with Crippen LogP contribution in [0.1, 0.15) is 32.9 Å². The summed E-state index contributed by atoms with van der Waals surface area (Å²) in [7, 11) is 1.71. The van der Waals surface area contributed by atoms with E-state index in [2.05, 4.69) is 36.1 Å². The van der Waals surface area contributed by atoms with Crippen LogP contribution < -0.4 is 5.32 Å². The number of carbonyl (C=O) groups is 2. The zero-order chi connectivity index (χ0) is 17.0. The Balaban J connectivity index is 1.98. The van der Waals surface area contributed by atoms with E-state index in [1.54, 1.807) is 18.0 Å². The predicted octanol–water partition coefficient (Wildman–Crippen LogP) is 0.870. The molecule has 1 fully saturated rings. The molecule has 0 aliphatic carbocycles. The standard InChI is InChI=1S/C16H26N4O3/c1-16(2,3)11-20-7-6-17-15(22)13(20)9-14(21)19(4)10-12-5-8-23-18-12/h5,8,13H,6-7,9-11H2,1-4H3,(H,17,22)/t13-/m0/s1. The molecular formula is C16H26N4O3. The van der Waals surface area contributed by atoms with Gasteiger partial charge in [0.15, 0.2) is 0 Å². The third-order valence-corrected chi connectivity index (χ3v) is 3.80. The second kappa shape index (κ2) is 7.12. The third-order valence-electron chi connectivity index (χ3n) is 3.80. The molecule has 23 heavy (non-hydrogen) atoms. The highest BCUT2D eigenvalue weighted by Gasteiger charge is 2.34. The molecule has 1 aromatic rings. The molecule has 1 aromatic heterocycles. The molecule has 0 spiro atoms. The summed E-state index contributed by atoms with van der Waals surface area (Å²) < 4.78 is 4.77. The van der Waals surface area contributed by atoms with E-state index in [4.69, 9.17) is 4.52 Å². The normalized spacial score (nSPS) is 19.5. The van der Waals surface area contributed by atoms with Gasteiger partial charge in [0.25, 0.3) is 0 Å². The lowest BCUT2D eigenvalue weighted by Crippen LogP contribution is -2.58. The maximum atomic E-state index is 12.5. The first-order chi connectivity index (χ1) is 10.8. The van der Waals surface area contributed by atoms with Crippen LogP contribution in [0.5, 0.6) is 0 Å². The van der Waals surface area contributed by atoms with Crippen molar-refractivity contribution in [3.05, 3.63) is 18.0 Å². The zero-order valence-electron chi connectivity index (χ0n) is 14.3. The van der Waals surface area contributed by atoms with Crippen molar-refractivity contribution in [3.63, 3.8) is 0 Å².